The standard InChI is InChI=1S/C18H21ClN6O2/c1-11(2)8-9-25-14-15(24(3)18(27)22-16(14)26)21-17(25)23-20-10-12-6-4-5-7-13(12)19/h4-7,10-11H,8-9H2,1-3H3,(H,21,23)(H,22,26,27). The van der Waals surface area contributed by atoms with E-state index in [0.717, 1.165) is 12.0 Å². The van der Waals surface area contributed by atoms with Crippen LogP contribution >= 0.6 is 11.6 Å². The first kappa shape index (κ1) is 18.9. The van der Waals surface area contributed by atoms with Gasteiger partial charge >= 0.3 is 5.69 Å². The van der Waals surface area contributed by atoms with Crippen molar-refractivity contribution >= 4 is 34.9 Å². The maximum atomic E-state index is 12.4. The Balaban J connectivity index is 2.03. The minimum absolute atomic E-state index is 0.308. The summed E-state index contributed by atoms with van der Waals surface area (Å²) in [7, 11) is 1.57. The monoisotopic (exact) mass is 388 g/mol. The van der Waals surface area contributed by atoms with Gasteiger partial charge < -0.3 is 4.57 Å². The number of aromatic nitrogens is 4. The predicted octanol–water partition coefficient (Wildman–Crippen LogP) is 2.57. The summed E-state index contributed by atoms with van der Waals surface area (Å²) in [6.07, 6.45) is 2.42. The molecule has 0 unspecified atom stereocenters. The van der Waals surface area contributed by atoms with Crippen molar-refractivity contribution in [1.29, 1.82) is 0 Å². The lowest BCUT2D eigenvalue weighted by Crippen LogP contribution is -2.29. The summed E-state index contributed by atoms with van der Waals surface area (Å²) in [6.45, 7) is 4.77. The molecule has 3 aromatic rings. The van der Waals surface area contributed by atoms with Gasteiger partial charge in [-0.05, 0) is 18.4 Å². The Kier molecular flexibility index (Phi) is 5.46. The second-order valence-electron chi connectivity index (χ2n) is 6.65. The number of hydrogen-bond donors (Lipinski definition) is 2. The van der Waals surface area contributed by atoms with Crippen LogP contribution in [0.5, 0.6) is 0 Å². The lowest BCUT2D eigenvalue weighted by molar-refractivity contribution is 0.524. The van der Waals surface area contributed by atoms with E-state index in [0.29, 0.717) is 34.6 Å². The summed E-state index contributed by atoms with van der Waals surface area (Å²) in [5.74, 6) is 0.828. The zero-order chi connectivity index (χ0) is 19.6. The number of hydrogen-bond acceptors (Lipinski definition) is 5. The first-order valence-electron chi connectivity index (χ1n) is 8.61. The van der Waals surface area contributed by atoms with Crippen LogP contribution in [0.15, 0.2) is 39.0 Å². The Morgan fingerprint density at radius 2 is 2.07 bits per heavy atom. The lowest BCUT2D eigenvalue weighted by atomic mass is 10.1. The first-order valence-corrected chi connectivity index (χ1v) is 8.99. The molecule has 0 fully saturated rings. The Morgan fingerprint density at radius 3 is 2.78 bits per heavy atom. The zero-order valence-electron chi connectivity index (χ0n) is 15.4. The van der Waals surface area contributed by atoms with Crippen molar-refractivity contribution in [3.8, 4) is 0 Å². The molecule has 9 heteroatoms. The fourth-order valence-corrected chi connectivity index (χ4v) is 2.85. The summed E-state index contributed by atoms with van der Waals surface area (Å²) in [5, 5.41) is 4.77. The van der Waals surface area contributed by atoms with Gasteiger partial charge in [0.2, 0.25) is 5.95 Å². The molecule has 0 bridgehead atoms. The molecule has 0 radical (unpaired) electrons. The van der Waals surface area contributed by atoms with E-state index in [1.807, 2.05) is 18.2 Å². The van der Waals surface area contributed by atoms with Gasteiger partial charge in [0, 0.05) is 24.2 Å². The molecular weight excluding hydrogens is 368 g/mol. The van der Waals surface area contributed by atoms with Gasteiger partial charge in [-0.3, -0.25) is 14.3 Å². The third-order valence-corrected chi connectivity index (χ3v) is 4.55. The first-order chi connectivity index (χ1) is 12.9. The van der Waals surface area contributed by atoms with Crippen LogP contribution in [0.3, 0.4) is 0 Å². The molecule has 8 nitrogen and oxygen atoms in total. The van der Waals surface area contributed by atoms with Crippen LogP contribution in [-0.4, -0.2) is 25.3 Å². The largest absolute Gasteiger partial charge is 0.329 e. The molecule has 0 saturated carbocycles. The average molecular weight is 389 g/mol. The topological polar surface area (TPSA) is 97.1 Å². The van der Waals surface area contributed by atoms with E-state index in [4.69, 9.17) is 11.6 Å². The number of imidazole rings is 1. The second-order valence-corrected chi connectivity index (χ2v) is 7.06. The van der Waals surface area contributed by atoms with Crippen molar-refractivity contribution in [1.82, 2.24) is 19.1 Å². The van der Waals surface area contributed by atoms with Gasteiger partial charge in [-0.25, -0.2) is 10.2 Å². The number of anilines is 1. The molecule has 3 rings (SSSR count). The van der Waals surface area contributed by atoms with Crippen molar-refractivity contribution in [3.63, 3.8) is 0 Å². The molecule has 0 atom stereocenters. The Labute approximate surface area is 160 Å². The number of H-pyrrole nitrogens is 1. The van der Waals surface area contributed by atoms with E-state index in [2.05, 4.69) is 34.3 Å². The highest BCUT2D eigenvalue weighted by Gasteiger charge is 2.17. The van der Waals surface area contributed by atoms with Crippen LogP contribution in [0.1, 0.15) is 25.8 Å². The highest BCUT2D eigenvalue weighted by molar-refractivity contribution is 6.33. The van der Waals surface area contributed by atoms with Crippen LogP contribution in [0.4, 0.5) is 5.95 Å². The molecule has 0 spiro atoms. The maximum Gasteiger partial charge on any atom is 0.329 e. The Hall–Kier alpha value is -2.87. The molecule has 0 aliphatic carbocycles. The number of fused-ring (bicyclic) bond motifs is 1. The third kappa shape index (κ3) is 3.95. The number of aryl methyl sites for hydroxylation is 2. The van der Waals surface area contributed by atoms with Crippen LogP contribution in [0.2, 0.25) is 5.02 Å². The Bertz CT molecular complexity index is 1110. The predicted molar refractivity (Wildman–Crippen MR) is 108 cm³/mol. The van der Waals surface area contributed by atoms with Gasteiger partial charge in [0.1, 0.15) is 0 Å². The summed E-state index contributed by atoms with van der Waals surface area (Å²) in [4.78, 5) is 31.0. The van der Waals surface area contributed by atoms with Gasteiger partial charge in [-0.2, -0.15) is 10.1 Å². The molecule has 1 aromatic carbocycles. The number of nitrogens with zero attached hydrogens (tertiary/aromatic N) is 4. The molecule has 0 aliphatic heterocycles. The number of rotatable bonds is 6. The highest BCUT2D eigenvalue weighted by atomic mass is 35.5. The molecule has 2 heterocycles. The van der Waals surface area contributed by atoms with E-state index < -0.39 is 11.2 Å². The maximum absolute atomic E-state index is 12.4. The van der Waals surface area contributed by atoms with Crippen molar-refractivity contribution in [2.45, 2.75) is 26.8 Å². The van der Waals surface area contributed by atoms with Crippen LogP contribution in [0, 0.1) is 5.92 Å². The molecule has 0 amide bonds. The summed E-state index contributed by atoms with van der Waals surface area (Å²) in [5.41, 5.74) is 3.30. The SMILES string of the molecule is CC(C)CCn1c(NN=Cc2ccccc2Cl)nc2c1c(=O)[nH]c(=O)n2C. The van der Waals surface area contributed by atoms with Crippen molar-refractivity contribution in [2.75, 3.05) is 5.43 Å². The van der Waals surface area contributed by atoms with E-state index in [9.17, 15) is 9.59 Å². The van der Waals surface area contributed by atoms with E-state index >= 15 is 0 Å². The van der Waals surface area contributed by atoms with Gasteiger partial charge in [-0.1, -0.05) is 43.6 Å². The minimum atomic E-state index is -0.507. The molecule has 27 heavy (non-hydrogen) atoms. The van der Waals surface area contributed by atoms with Crippen LogP contribution in [0.25, 0.3) is 11.2 Å². The summed E-state index contributed by atoms with van der Waals surface area (Å²) < 4.78 is 3.06. The number of hydrazone groups is 1. The Morgan fingerprint density at radius 1 is 1.33 bits per heavy atom. The highest BCUT2D eigenvalue weighted by Crippen LogP contribution is 2.18. The second kappa shape index (κ2) is 7.79. The quantitative estimate of drug-likeness (QED) is 0.501. The summed E-state index contributed by atoms with van der Waals surface area (Å²) in [6, 6.07) is 7.31. The molecule has 2 N–H and O–H groups in total. The average Bonchev–Trinajstić information content (AvgIpc) is 2.99. The minimum Gasteiger partial charge on any atom is -0.303 e. The smallest absolute Gasteiger partial charge is 0.303 e. The molecular formula is C18H21ClN6O2. The normalized spacial score (nSPS) is 11.7. The fraction of sp³-hybridized carbons (Fsp3) is 0.333. The van der Waals surface area contributed by atoms with Crippen molar-refractivity contribution < 1.29 is 0 Å². The van der Waals surface area contributed by atoms with E-state index in [1.54, 1.807) is 23.9 Å². The number of halogens is 1. The lowest BCUT2D eigenvalue weighted by Gasteiger charge is -2.09. The van der Waals surface area contributed by atoms with Gasteiger partial charge in [-0.15, -0.1) is 0 Å². The molecule has 142 valence electrons. The van der Waals surface area contributed by atoms with Gasteiger partial charge in [0.15, 0.2) is 11.2 Å². The number of nitrogens with one attached hydrogen (secondary N) is 2. The van der Waals surface area contributed by atoms with Crippen LogP contribution in [-0.2, 0) is 13.6 Å². The van der Waals surface area contributed by atoms with Gasteiger partial charge in [0.25, 0.3) is 5.56 Å². The molecule has 0 aliphatic rings. The van der Waals surface area contributed by atoms with Gasteiger partial charge in [0.05, 0.1) is 6.21 Å². The van der Waals surface area contributed by atoms with Crippen LogP contribution < -0.4 is 16.7 Å². The van der Waals surface area contributed by atoms with Crippen molar-refractivity contribution in [2.24, 2.45) is 18.1 Å². The van der Waals surface area contributed by atoms with E-state index in [-0.39, 0.29) is 0 Å². The van der Waals surface area contributed by atoms with Crippen molar-refractivity contribution in [3.05, 3.63) is 55.7 Å². The van der Waals surface area contributed by atoms with E-state index in [1.165, 1.54) is 4.57 Å². The third-order valence-electron chi connectivity index (χ3n) is 4.21. The number of aromatic amines is 1. The molecule has 0 saturated heterocycles. The fourth-order valence-electron chi connectivity index (χ4n) is 2.66. The zero-order valence-corrected chi connectivity index (χ0v) is 16.1. The summed E-state index contributed by atoms with van der Waals surface area (Å²) >= 11 is 6.12. The molecule has 2 aromatic heterocycles. The number of benzene rings is 1.